The molecule has 0 saturated carbocycles. The smallest absolute Gasteiger partial charge is 0.138 e. The van der Waals surface area contributed by atoms with Gasteiger partial charge in [-0.1, -0.05) is 18.3 Å². The second kappa shape index (κ2) is 3.90. The Bertz CT molecular complexity index is 548. The maximum atomic E-state index is 13.1. The molecule has 0 aliphatic carbocycles. The van der Waals surface area contributed by atoms with Crippen molar-refractivity contribution in [2.75, 3.05) is 0 Å². The van der Waals surface area contributed by atoms with E-state index in [1.807, 2.05) is 6.92 Å². The van der Waals surface area contributed by atoms with Crippen molar-refractivity contribution in [2.24, 2.45) is 0 Å². The Labute approximate surface area is 91.8 Å². The van der Waals surface area contributed by atoms with Crippen LogP contribution in [0.4, 0.5) is 4.39 Å². The summed E-state index contributed by atoms with van der Waals surface area (Å²) in [7, 11) is 0. The Balaban J connectivity index is 2.63. The molecule has 15 heavy (non-hydrogen) atoms. The second-order valence-electron chi connectivity index (χ2n) is 3.24. The van der Waals surface area contributed by atoms with E-state index in [4.69, 9.17) is 12.2 Å². The van der Waals surface area contributed by atoms with E-state index in [-0.39, 0.29) is 5.82 Å². The summed E-state index contributed by atoms with van der Waals surface area (Å²) in [6.07, 6.45) is 1.61. The highest BCUT2D eigenvalue weighted by Crippen LogP contribution is 2.20. The first-order valence-corrected chi connectivity index (χ1v) is 4.89. The molecule has 0 bridgehead atoms. The summed E-state index contributed by atoms with van der Waals surface area (Å²) < 4.78 is 13.7. The molecule has 0 radical (unpaired) electrons. The molecule has 2 aromatic rings. The normalized spacial score (nSPS) is 10.3. The van der Waals surface area contributed by atoms with Crippen molar-refractivity contribution in [3.05, 3.63) is 46.5 Å². The summed E-state index contributed by atoms with van der Waals surface area (Å²) in [6, 6.07) is 6.28. The van der Waals surface area contributed by atoms with E-state index >= 15 is 0 Å². The molecule has 0 amide bonds. The molecule has 1 N–H and O–H groups in total. The van der Waals surface area contributed by atoms with Crippen LogP contribution < -0.4 is 0 Å². The zero-order chi connectivity index (χ0) is 10.8. The molecule has 0 fully saturated rings. The molecule has 0 saturated heterocycles. The van der Waals surface area contributed by atoms with Crippen LogP contribution in [-0.2, 0) is 0 Å². The predicted octanol–water partition coefficient (Wildman–Crippen LogP) is 3.25. The molecule has 1 aromatic carbocycles. The van der Waals surface area contributed by atoms with E-state index in [1.54, 1.807) is 18.3 Å². The highest BCUT2D eigenvalue weighted by atomic mass is 32.1. The van der Waals surface area contributed by atoms with Gasteiger partial charge in [0.1, 0.15) is 16.3 Å². The number of hydrogen-bond acceptors (Lipinski definition) is 2. The number of rotatable bonds is 1. The second-order valence-corrected chi connectivity index (χ2v) is 3.68. The van der Waals surface area contributed by atoms with Gasteiger partial charge in [0.15, 0.2) is 0 Å². The minimum atomic E-state index is -0.277. The van der Waals surface area contributed by atoms with Crippen LogP contribution in [0.25, 0.3) is 11.4 Å². The van der Waals surface area contributed by atoms with Crippen LogP contribution in [-0.4, -0.2) is 9.97 Å². The van der Waals surface area contributed by atoms with Gasteiger partial charge in [0, 0.05) is 11.8 Å². The lowest BCUT2D eigenvalue weighted by Gasteiger charge is -2.04. The van der Waals surface area contributed by atoms with Gasteiger partial charge in [0.2, 0.25) is 0 Å². The minimum Gasteiger partial charge on any atom is -0.331 e. The molecule has 2 rings (SSSR count). The third-order valence-electron chi connectivity index (χ3n) is 2.13. The van der Waals surface area contributed by atoms with Crippen LogP contribution in [0.2, 0.25) is 0 Å². The Morgan fingerprint density at radius 2 is 2.13 bits per heavy atom. The number of aryl methyl sites for hydroxylation is 1. The molecule has 0 aliphatic rings. The van der Waals surface area contributed by atoms with Crippen LogP contribution in [0.3, 0.4) is 0 Å². The summed E-state index contributed by atoms with van der Waals surface area (Å²) in [5, 5.41) is 0. The first-order valence-electron chi connectivity index (χ1n) is 4.48. The highest BCUT2D eigenvalue weighted by Gasteiger charge is 2.04. The molecule has 0 unspecified atom stereocenters. The molecule has 1 heterocycles. The lowest BCUT2D eigenvalue weighted by atomic mass is 10.1. The van der Waals surface area contributed by atoms with E-state index in [1.165, 1.54) is 12.1 Å². The number of hydrogen-bond donors (Lipinski definition) is 1. The van der Waals surface area contributed by atoms with Gasteiger partial charge in [0.25, 0.3) is 0 Å². The van der Waals surface area contributed by atoms with E-state index in [0.717, 1.165) is 11.1 Å². The molecule has 1 aromatic heterocycles. The van der Waals surface area contributed by atoms with E-state index < -0.39 is 0 Å². The molecule has 0 aliphatic heterocycles. The van der Waals surface area contributed by atoms with Gasteiger partial charge in [-0.2, -0.15) is 0 Å². The largest absolute Gasteiger partial charge is 0.331 e. The SMILES string of the molecule is Cc1ccc(F)cc1-c1nccc(=S)[nH]1. The van der Waals surface area contributed by atoms with Crippen molar-refractivity contribution in [3.63, 3.8) is 0 Å². The lowest BCUT2D eigenvalue weighted by molar-refractivity contribution is 0.627. The summed E-state index contributed by atoms with van der Waals surface area (Å²) in [4.78, 5) is 7.05. The molecule has 76 valence electrons. The fraction of sp³-hybridized carbons (Fsp3) is 0.0909. The molecular formula is C11H9FN2S. The van der Waals surface area contributed by atoms with Crippen LogP contribution in [0.5, 0.6) is 0 Å². The highest BCUT2D eigenvalue weighted by molar-refractivity contribution is 7.71. The summed E-state index contributed by atoms with van der Waals surface area (Å²) >= 11 is 4.99. The van der Waals surface area contributed by atoms with Gasteiger partial charge >= 0.3 is 0 Å². The van der Waals surface area contributed by atoms with Crippen molar-refractivity contribution in [1.29, 1.82) is 0 Å². The number of nitrogens with one attached hydrogen (secondary N) is 1. The molecule has 0 spiro atoms. The zero-order valence-electron chi connectivity index (χ0n) is 8.12. The standard InChI is InChI=1S/C11H9FN2S/c1-7-2-3-8(12)6-9(7)11-13-5-4-10(15)14-11/h2-6H,1H3,(H,13,14,15). The number of benzene rings is 1. The summed E-state index contributed by atoms with van der Waals surface area (Å²) in [5.74, 6) is 0.320. The third-order valence-corrected chi connectivity index (χ3v) is 2.36. The lowest BCUT2D eigenvalue weighted by Crippen LogP contribution is -1.91. The summed E-state index contributed by atoms with van der Waals surface area (Å²) in [6.45, 7) is 1.90. The number of nitrogens with zero attached hydrogens (tertiary/aromatic N) is 1. The van der Waals surface area contributed by atoms with Crippen LogP contribution >= 0.6 is 12.2 Å². The van der Waals surface area contributed by atoms with E-state index in [9.17, 15) is 4.39 Å². The van der Waals surface area contributed by atoms with Crippen LogP contribution in [0.1, 0.15) is 5.56 Å². The number of H-pyrrole nitrogens is 1. The average molecular weight is 220 g/mol. The van der Waals surface area contributed by atoms with Gasteiger partial charge in [-0.3, -0.25) is 0 Å². The van der Waals surface area contributed by atoms with Gasteiger partial charge in [-0.15, -0.1) is 0 Å². The van der Waals surface area contributed by atoms with Gasteiger partial charge in [-0.25, -0.2) is 9.37 Å². The number of aromatic amines is 1. The maximum Gasteiger partial charge on any atom is 0.138 e. The van der Waals surface area contributed by atoms with E-state index in [0.29, 0.717) is 10.5 Å². The van der Waals surface area contributed by atoms with Crippen molar-refractivity contribution in [3.8, 4) is 11.4 Å². The predicted molar refractivity (Wildman–Crippen MR) is 59.6 cm³/mol. The fourth-order valence-electron chi connectivity index (χ4n) is 1.36. The first kappa shape index (κ1) is 9.98. The topological polar surface area (TPSA) is 28.7 Å². The Hall–Kier alpha value is -1.55. The Morgan fingerprint density at radius 3 is 2.87 bits per heavy atom. The Morgan fingerprint density at radius 1 is 1.33 bits per heavy atom. The summed E-state index contributed by atoms with van der Waals surface area (Å²) in [5.41, 5.74) is 1.70. The average Bonchev–Trinajstić information content (AvgIpc) is 2.22. The van der Waals surface area contributed by atoms with Gasteiger partial charge in [-0.05, 0) is 30.7 Å². The molecule has 2 nitrogen and oxygen atoms in total. The molecule has 4 heteroatoms. The molecular weight excluding hydrogens is 211 g/mol. The van der Waals surface area contributed by atoms with Crippen LogP contribution in [0, 0.1) is 17.4 Å². The van der Waals surface area contributed by atoms with Gasteiger partial charge < -0.3 is 4.98 Å². The number of halogens is 1. The third kappa shape index (κ3) is 2.10. The first-order chi connectivity index (χ1) is 7.16. The minimum absolute atomic E-state index is 0.277. The zero-order valence-corrected chi connectivity index (χ0v) is 8.94. The maximum absolute atomic E-state index is 13.1. The van der Waals surface area contributed by atoms with Crippen molar-refractivity contribution in [1.82, 2.24) is 9.97 Å². The Kier molecular flexibility index (Phi) is 2.60. The van der Waals surface area contributed by atoms with Crippen LogP contribution in [0.15, 0.2) is 30.5 Å². The van der Waals surface area contributed by atoms with Crippen molar-refractivity contribution < 1.29 is 4.39 Å². The fourth-order valence-corrected chi connectivity index (χ4v) is 1.51. The monoisotopic (exact) mass is 220 g/mol. The van der Waals surface area contributed by atoms with Crippen molar-refractivity contribution in [2.45, 2.75) is 6.92 Å². The number of aromatic nitrogens is 2. The quantitative estimate of drug-likeness (QED) is 0.747. The van der Waals surface area contributed by atoms with Gasteiger partial charge in [0.05, 0.1) is 0 Å². The van der Waals surface area contributed by atoms with E-state index in [2.05, 4.69) is 9.97 Å². The van der Waals surface area contributed by atoms with Crippen molar-refractivity contribution >= 4 is 12.2 Å². The molecule has 0 atom stereocenters.